The molecule has 0 aliphatic heterocycles. The summed E-state index contributed by atoms with van der Waals surface area (Å²) in [6.45, 7) is 1.84. The minimum atomic E-state index is -0.206. The molecule has 0 saturated heterocycles. The lowest BCUT2D eigenvalue weighted by atomic mass is 10.2. The zero-order chi connectivity index (χ0) is 15.4. The number of hydrogen-bond donors (Lipinski definition) is 1. The summed E-state index contributed by atoms with van der Waals surface area (Å²) in [7, 11) is 0. The summed E-state index contributed by atoms with van der Waals surface area (Å²) in [6.07, 6.45) is 0. The average Bonchev–Trinajstić information content (AvgIpc) is 2.43. The quantitative estimate of drug-likeness (QED) is 0.624. The number of ether oxygens (including phenoxy) is 1. The van der Waals surface area contributed by atoms with Gasteiger partial charge in [-0.25, -0.2) is 0 Å². The lowest BCUT2D eigenvalue weighted by Crippen LogP contribution is -2.20. The largest absolute Gasteiger partial charge is 0.484 e. The molecule has 110 valence electrons. The van der Waals surface area contributed by atoms with Crippen LogP contribution >= 0.6 is 50.1 Å². The molecule has 2 aromatic rings. The van der Waals surface area contributed by atoms with Gasteiger partial charge in [-0.05, 0) is 71.5 Å². The Morgan fingerprint density at radius 3 is 2.76 bits per heavy atom. The second-order valence-electron chi connectivity index (χ2n) is 4.37. The van der Waals surface area contributed by atoms with Crippen LogP contribution in [0, 0.1) is 10.5 Å². The van der Waals surface area contributed by atoms with Crippen molar-refractivity contribution >= 4 is 61.7 Å². The normalized spacial score (nSPS) is 10.3. The van der Waals surface area contributed by atoms with Crippen LogP contribution < -0.4 is 10.1 Å². The number of carbonyl (C=O) groups is 1. The zero-order valence-electron chi connectivity index (χ0n) is 11.1. The molecule has 0 spiro atoms. The molecule has 6 heteroatoms. The second-order valence-corrected chi connectivity index (χ2v) is 6.86. The van der Waals surface area contributed by atoms with Gasteiger partial charge in [0, 0.05) is 13.1 Å². The molecule has 0 aliphatic carbocycles. The van der Waals surface area contributed by atoms with Gasteiger partial charge < -0.3 is 10.1 Å². The van der Waals surface area contributed by atoms with Crippen LogP contribution in [-0.4, -0.2) is 12.5 Å². The molecule has 2 aromatic carbocycles. The van der Waals surface area contributed by atoms with E-state index in [1.807, 2.05) is 25.1 Å². The number of halogens is 3. The average molecular weight is 481 g/mol. The number of rotatable bonds is 4. The van der Waals surface area contributed by atoms with Crippen molar-refractivity contribution in [1.29, 1.82) is 0 Å². The monoisotopic (exact) mass is 479 g/mol. The fraction of sp³-hybridized carbons (Fsp3) is 0.133. The summed E-state index contributed by atoms with van der Waals surface area (Å²) in [6, 6.07) is 10.9. The van der Waals surface area contributed by atoms with Crippen LogP contribution in [0.4, 0.5) is 5.69 Å². The van der Waals surface area contributed by atoms with Crippen LogP contribution in [0.15, 0.2) is 40.9 Å². The Balaban J connectivity index is 1.94. The summed E-state index contributed by atoms with van der Waals surface area (Å²) < 4.78 is 7.38. The lowest BCUT2D eigenvalue weighted by molar-refractivity contribution is -0.118. The Labute approximate surface area is 150 Å². The Hall–Kier alpha value is -0.790. The first-order valence-electron chi connectivity index (χ1n) is 6.09. The van der Waals surface area contributed by atoms with Gasteiger partial charge in [-0.1, -0.05) is 27.5 Å². The number of carbonyl (C=O) groups excluding carboxylic acids is 1. The molecular weight excluding hydrogens is 468 g/mol. The Morgan fingerprint density at radius 2 is 2.10 bits per heavy atom. The first kappa shape index (κ1) is 16.6. The van der Waals surface area contributed by atoms with Crippen molar-refractivity contribution < 1.29 is 9.53 Å². The van der Waals surface area contributed by atoms with Gasteiger partial charge in [0.15, 0.2) is 6.61 Å². The molecular formula is C15H12BrClINO2. The predicted octanol–water partition coefficient (Wildman–Crippen LogP) is 5.03. The molecule has 0 atom stereocenters. The third kappa shape index (κ3) is 4.86. The summed E-state index contributed by atoms with van der Waals surface area (Å²) in [4.78, 5) is 11.9. The standard InChI is InChI=1S/C15H12BrClINO2/c1-9-6-11(3-4-12(9)17)21-8-15(20)19-14-5-2-10(16)7-13(14)18/h2-7H,8H2,1H3,(H,19,20). The minimum Gasteiger partial charge on any atom is -0.484 e. The van der Waals surface area contributed by atoms with Crippen LogP contribution in [-0.2, 0) is 4.79 Å². The van der Waals surface area contributed by atoms with Gasteiger partial charge in [-0.15, -0.1) is 0 Å². The van der Waals surface area contributed by atoms with E-state index >= 15 is 0 Å². The van der Waals surface area contributed by atoms with E-state index in [1.165, 1.54) is 0 Å². The number of nitrogens with one attached hydrogen (secondary N) is 1. The fourth-order valence-corrected chi connectivity index (χ4v) is 3.19. The van der Waals surface area contributed by atoms with Crippen LogP contribution in [0.3, 0.4) is 0 Å². The van der Waals surface area contributed by atoms with Crippen molar-refractivity contribution in [2.45, 2.75) is 6.92 Å². The maximum Gasteiger partial charge on any atom is 0.262 e. The Morgan fingerprint density at radius 1 is 1.33 bits per heavy atom. The maximum absolute atomic E-state index is 11.9. The van der Waals surface area contributed by atoms with Crippen LogP contribution in [0.1, 0.15) is 5.56 Å². The fourth-order valence-electron chi connectivity index (χ4n) is 1.63. The minimum absolute atomic E-state index is 0.0484. The molecule has 0 fully saturated rings. The molecule has 0 bridgehead atoms. The Bertz CT molecular complexity index is 679. The highest BCUT2D eigenvalue weighted by Crippen LogP contribution is 2.23. The summed E-state index contributed by atoms with van der Waals surface area (Å²) in [5.74, 6) is 0.417. The van der Waals surface area contributed by atoms with E-state index in [1.54, 1.807) is 18.2 Å². The lowest BCUT2D eigenvalue weighted by Gasteiger charge is -2.10. The first-order valence-corrected chi connectivity index (χ1v) is 8.34. The van der Waals surface area contributed by atoms with Gasteiger partial charge in [-0.3, -0.25) is 4.79 Å². The summed E-state index contributed by atoms with van der Waals surface area (Å²) in [5, 5.41) is 3.49. The van der Waals surface area contributed by atoms with Crippen molar-refractivity contribution in [1.82, 2.24) is 0 Å². The molecule has 21 heavy (non-hydrogen) atoms. The molecule has 0 heterocycles. The molecule has 1 amide bonds. The van der Waals surface area contributed by atoms with Gasteiger partial charge in [0.2, 0.25) is 0 Å². The van der Waals surface area contributed by atoms with E-state index in [2.05, 4.69) is 43.8 Å². The molecule has 0 saturated carbocycles. The van der Waals surface area contributed by atoms with Gasteiger partial charge in [0.1, 0.15) is 5.75 Å². The third-order valence-corrected chi connectivity index (χ3v) is 4.51. The molecule has 0 radical (unpaired) electrons. The Kier molecular flexibility index (Phi) is 5.89. The van der Waals surface area contributed by atoms with E-state index < -0.39 is 0 Å². The van der Waals surface area contributed by atoms with E-state index in [0.29, 0.717) is 10.8 Å². The molecule has 1 N–H and O–H groups in total. The molecule has 2 rings (SSSR count). The number of aryl methyl sites for hydroxylation is 1. The topological polar surface area (TPSA) is 38.3 Å². The summed E-state index contributed by atoms with van der Waals surface area (Å²) in [5.41, 5.74) is 1.68. The number of amides is 1. The van der Waals surface area contributed by atoms with Gasteiger partial charge in [0.05, 0.1) is 5.69 Å². The highest BCUT2D eigenvalue weighted by Gasteiger charge is 2.07. The summed E-state index contributed by atoms with van der Waals surface area (Å²) >= 11 is 11.5. The first-order chi connectivity index (χ1) is 9.95. The molecule has 0 unspecified atom stereocenters. The highest BCUT2D eigenvalue weighted by atomic mass is 127. The van der Waals surface area contributed by atoms with Crippen LogP contribution in [0.2, 0.25) is 5.02 Å². The van der Waals surface area contributed by atoms with Gasteiger partial charge in [0.25, 0.3) is 5.91 Å². The van der Waals surface area contributed by atoms with E-state index in [0.717, 1.165) is 19.3 Å². The smallest absolute Gasteiger partial charge is 0.262 e. The number of hydrogen-bond acceptors (Lipinski definition) is 2. The molecule has 0 aliphatic rings. The SMILES string of the molecule is Cc1cc(OCC(=O)Nc2ccc(Br)cc2I)ccc1Cl. The van der Waals surface area contributed by atoms with Gasteiger partial charge in [-0.2, -0.15) is 0 Å². The van der Waals surface area contributed by atoms with Crippen molar-refractivity contribution in [2.75, 3.05) is 11.9 Å². The van der Waals surface area contributed by atoms with E-state index in [9.17, 15) is 4.79 Å². The second kappa shape index (κ2) is 7.47. The third-order valence-electron chi connectivity index (χ3n) is 2.70. The van der Waals surface area contributed by atoms with Crippen molar-refractivity contribution in [3.63, 3.8) is 0 Å². The van der Waals surface area contributed by atoms with Crippen molar-refractivity contribution in [2.24, 2.45) is 0 Å². The predicted molar refractivity (Wildman–Crippen MR) is 97.2 cm³/mol. The van der Waals surface area contributed by atoms with Crippen molar-refractivity contribution in [3.05, 3.63) is 55.0 Å². The van der Waals surface area contributed by atoms with Crippen molar-refractivity contribution in [3.8, 4) is 5.75 Å². The maximum atomic E-state index is 11.9. The van der Waals surface area contributed by atoms with Gasteiger partial charge >= 0.3 is 0 Å². The van der Waals surface area contributed by atoms with Crippen LogP contribution in [0.25, 0.3) is 0 Å². The molecule has 0 aromatic heterocycles. The van der Waals surface area contributed by atoms with E-state index in [-0.39, 0.29) is 12.5 Å². The highest BCUT2D eigenvalue weighted by molar-refractivity contribution is 14.1. The molecule has 3 nitrogen and oxygen atoms in total. The zero-order valence-corrected chi connectivity index (χ0v) is 15.6. The number of benzene rings is 2. The number of anilines is 1. The van der Waals surface area contributed by atoms with Crippen LogP contribution in [0.5, 0.6) is 5.75 Å². The van der Waals surface area contributed by atoms with E-state index in [4.69, 9.17) is 16.3 Å².